The van der Waals surface area contributed by atoms with Crippen molar-refractivity contribution in [3.63, 3.8) is 0 Å². The summed E-state index contributed by atoms with van der Waals surface area (Å²) in [5.74, 6) is 0.802. The normalized spacial score (nSPS) is 14.9. The minimum absolute atomic E-state index is 0.365. The standard InChI is InChI=1S/C13H21NO2/c1-10(2)14-9-13(3,15)11-5-7-12(16-4)8-6-11/h5-8,10,14-15H,9H2,1-4H3. The molecule has 0 aliphatic heterocycles. The van der Waals surface area contributed by atoms with E-state index in [9.17, 15) is 5.11 Å². The predicted molar refractivity (Wildman–Crippen MR) is 65.7 cm³/mol. The highest BCUT2D eigenvalue weighted by atomic mass is 16.5. The fraction of sp³-hybridized carbons (Fsp3) is 0.538. The molecule has 3 heteroatoms. The molecule has 0 saturated carbocycles. The van der Waals surface area contributed by atoms with Crippen LogP contribution in [0.2, 0.25) is 0 Å². The topological polar surface area (TPSA) is 41.5 Å². The van der Waals surface area contributed by atoms with E-state index in [0.717, 1.165) is 11.3 Å². The van der Waals surface area contributed by atoms with Crippen molar-refractivity contribution < 1.29 is 9.84 Å². The largest absolute Gasteiger partial charge is 0.497 e. The van der Waals surface area contributed by atoms with E-state index in [1.807, 2.05) is 31.2 Å². The van der Waals surface area contributed by atoms with Gasteiger partial charge in [-0.15, -0.1) is 0 Å². The zero-order chi connectivity index (χ0) is 12.2. The van der Waals surface area contributed by atoms with Crippen molar-refractivity contribution in [2.75, 3.05) is 13.7 Å². The third-order valence-electron chi connectivity index (χ3n) is 2.57. The summed E-state index contributed by atoms with van der Waals surface area (Å²) in [4.78, 5) is 0. The lowest BCUT2D eigenvalue weighted by Crippen LogP contribution is -2.38. The summed E-state index contributed by atoms with van der Waals surface area (Å²) in [6.45, 7) is 6.47. The summed E-state index contributed by atoms with van der Waals surface area (Å²) in [6, 6.07) is 7.87. The average Bonchev–Trinajstić information content (AvgIpc) is 2.27. The molecule has 0 spiro atoms. The molecule has 16 heavy (non-hydrogen) atoms. The molecule has 1 unspecified atom stereocenters. The minimum atomic E-state index is -0.851. The Kier molecular flexibility index (Phi) is 4.33. The van der Waals surface area contributed by atoms with E-state index >= 15 is 0 Å². The molecule has 3 nitrogen and oxygen atoms in total. The molecule has 0 bridgehead atoms. The minimum Gasteiger partial charge on any atom is -0.497 e. The molecular formula is C13H21NO2. The van der Waals surface area contributed by atoms with Gasteiger partial charge in [-0.1, -0.05) is 26.0 Å². The van der Waals surface area contributed by atoms with Crippen LogP contribution in [-0.2, 0) is 5.60 Å². The first-order valence-electron chi connectivity index (χ1n) is 5.56. The third-order valence-corrected chi connectivity index (χ3v) is 2.57. The van der Waals surface area contributed by atoms with Gasteiger partial charge in [-0.05, 0) is 24.6 Å². The van der Waals surface area contributed by atoms with Gasteiger partial charge in [0.1, 0.15) is 5.75 Å². The highest BCUT2D eigenvalue weighted by molar-refractivity contribution is 5.30. The molecule has 0 fully saturated rings. The number of aliphatic hydroxyl groups is 1. The van der Waals surface area contributed by atoms with E-state index in [1.54, 1.807) is 7.11 Å². The van der Waals surface area contributed by atoms with Gasteiger partial charge in [0, 0.05) is 12.6 Å². The maximum atomic E-state index is 10.3. The van der Waals surface area contributed by atoms with Crippen molar-refractivity contribution in [1.82, 2.24) is 5.32 Å². The summed E-state index contributed by atoms with van der Waals surface area (Å²) in [5, 5.41) is 13.5. The Morgan fingerprint density at radius 3 is 2.31 bits per heavy atom. The van der Waals surface area contributed by atoms with Crippen LogP contribution in [0.25, 0.3) is 0 Å². The van der Waals surface area contributed by atoms with Gasteiger partial charge in [0.05, 0.1) is 12.7 Å². The van der Waals surface area contributed by atoms with Crippen LogP contribution < -0.4 is 10.1 Å². The molecule has 0 saturated heterocycles. The lowest BCUT2D eigenvalue weighted by atomic mass is 9.95. The van der Waals surface area contributed by atoms with Gasteiger partial charge in [0.15, 0.2) is 0 Å². The Balaban J connectivity index is 2.72. The first-order valence-corrected chi connectivity index (χ1v) is 5.56. The van der Waals surface area contributed by atoms with E-state index in [0.29, 0.717) is 12.6 Å². The Morgan fingerprint density at radius 2 is 1.88 bits per heavy atom. The Hall–Kier alpha value is -1.06. The van der Waals surface area contributed by atoms with Crippen LogP contribution in [0, 0.1) is 0 Å². The van der Waals surface area contributed by atoms with Crippen molar-refractivity contribution >= 4 is 0 Å². The van der Waals surface area contributed by atoms with E-state index in [4.69, 9.17) is 4.74 Å². The van der Waals surface area contributed by atoms with Crippen LogP contribution in [0.3, 0.4) is 0 Å². The van der Waals surface area contributed by atoms with Crippen LogP contribution in [0.1, 0.15) is 26.3 Å². The van der Waals surface area contributed by atoms with Crippen LogP contribution in [0.15, 0.2) is 24.3 Å². The number of benzene rings is 1. The van der Waals surface area contributed by atoms with Gasteiger partial charge >= 0.3 is 0 Å². The molecule has 1 atom stereocenters. The molecule has 1 aromatic carbocycles. The first kappa shape index (κ1) is 13.0. The predicted octanol–water partition coefficient (Wildman–Crippen LogP) is 1.90. The Morgan fingerprint density at radius 1 is 1.31 bits per heavy atom. The SMILES string of the molecule is COc1ccc(C(C)(O)CNC(C)C)cc1. The van der Waals surface area contributed by atoms with E-state index in [1.165, 1.54) is 0 Å². The average molecular weight is 223 g/mol. The summed E-state index contributed by atoms with van der Waals surface area (Å²) in [5.41, 5.74) is 0.0396. The molecule has 0 aromatic heterocycles. The zero-order valence-electron chi connectivity index (χ0n) is 10.4. The second kappa shape index (κ2) is 5.32. The molecular weight excluding hydrogens is 202 g/mol. The third kappa shape index (κ3) is 3.51. The molecule has 1 aromatic rings. The molecule has 0 radical (unpaired) electrons. The van der Waals surface area contributed by atoms with Gasteiger partial charge in [-0.2, -0.15) is 0 Å². The smallest absolute Gasteiger partial charge is 0.118 e. The van der Waals surface area contributed by atoms with Gasteiger partial charge in [-0.3, -0.25) is 0 Å². The number of methoxy groups -OCH3 is 1. The van der Waals surface area contributed by atoms with Crippen molar-refractivity contribution in [3.8, 4) is 5.75 Å². The molecule has 2 N–H and O–H groups in total. The second-order valence-electron chi connectivity index (χ2n) is 4.54. The van der Waals surface area contributed by atoms with E-state index in [2.05, 4.69) is 19.2 Å². The molecule has 90 valence electrons. The maximum absolute atomic E-state index is 10.3. The highest BCUT2D eigenvalue weighted by Gasteiger charge is 2.22. The van der Waals surface area contributed by atoms with Crippen molar-refractivity contribution in [1.29, 1.82) is 0 Å². The van der Waals surface area contributed by atoms with Crippen LogP contribution in [0.5, 0.6) is 5.75 Å². The Bertz CT molecular complexity index is 317. The molecule has 0 aliphatic rings. The maximum Gasteiger partial charge on any atom is 0.118 e. The van der Waals surface area contributed by atoms with Gasteiger partial charge in [-0.25, -0.2) is 0 Å². The summed E-state index contributed by atoms with van der Waals surface area (Å²) in [7, 11) is 1.63. The number of nitrogens with one attached hydrogen (secondary N) is 1. The molecule has 1 rings (SSSR count). The number of rotatable bonds is 5. The van der Waals surface area contributed by atoms with Crippen molar-refractivity contribution in [3.05, 3.63) is 29.8 Å². The molecule has 0 aliphatic carbocycles. The quantitative estimate of drug-likeness (QED) is 0.801. The van der Waals surface area contributed by atoms with Gasteiger partial charge < -0.3 is 15.2 Å². The lowest BCUT2D eigenvalue weighted by molar-refractivity contribution is 0.0549. The van der Waals surface area contributed by atoms with Crippen LogP contribution in [0.4, 0.5) is 0 Å². The second-order valence-corrected chi connectivity index (χ2v) is 4.54. The fourth-order valence-corrected chi connectivity index (χ4v) is 1.45. The van der Waals surface area contributed by atoms with Crippen molar-refractivity contribution in [2.24, 2.45) is 0 Å². The lowest BCUT2D eigenvalue weighted by Gasteiger charge is -2.25. The highest BCUT2D eigenvalue weighted by Crippen LogP contribution is 2.22. The van der Waals surface area contributed by atoms with E-state index < -0.39 is 5.60 Å². The first-order chi connectivity index (χ1) is 7.45. The van der Waals surface area contributed by atoms with Crippen LogP contribution in [-0.4, -0.2) is 24.8 Å². The summed E-state index contributed by atoms with van der Waals surface area (Å²) in [6.07, 6.45) is 0. The van der Waals surface area contributed by atoms with Crippen LogP contribution >= 0.6 is 0 Å². The van der Waals surface area contributed by atoms with Gasteiger partial charge in [0.25, 0.3) is 0 Å². The number of hydrogen-bond donors (Lipinski definition) is 2. The number of ether oxygens (including phenoxy) is 1. The monoisotopic (exact) mass is 223 g/mol. The number of hydrogen-bond acceptors (Lipinski definition) is 3. The van der Waals surface area contributed by atoms with E-state index in [-0.39, 0.29) is 0 Å². The fourth-order valence-electron chi connectivity index (χ4n) is 1.45. The molecule has 0 amide bonds. The summed E-state index contributed by atoms with van der Waals surface area (Å²) >= 11 is 0. The summed E-state index contributed by atoms with van der Waals surface area (Å²) < 4.78 is 5.08. The Labute approximate surface area is 97.4 Å². The van der Waals surface area contributed by atoms with Gasteiger partial charge in [0.2, 0.25) is 0 Å². The van der Waals surface area contributed by atoms with Crippen molar-refractivity contribution in [2.45, 2.75) is 32.4 Å². The zero-order valence-corrected chi connectivity index (χ0v) is 10.4. The molecule has 0 heterocycles.